The van der Waals surface area contributed by atoms with Crippen LogP contribution in [0.2, 0.25) is 0 Å². The minimum atomic E-state index is -5.17. The zero-order valence-electron chi connectivity index (χ0n) is 34.9. The van der Waals surface area contributed by atoms with E-state index in [1.165, 1.54) is 0 Å². The molecule has 20 heteroatoms. The third-order valence-electron chi connectivity index (χ3n) is 9.38. The van der Waals surface area contributed by atoms with Crippen LogP contribution < -0.4 is 0 Å². The van der Waals surface area contributed by atoms with Gasteiger partial charge in [0.2, 0.25) is 0 Å². The van der Waals surface area contributed by atoms with E-state index >= 15 is 0 Å². The van der Waals surface area contributed by atoms with Crippen LogP contribution in [0, 0.1) is 0 Å². The standard InChI is InChI=1S/4C12H8N2.2Mn.2H2O4S/c4*1-3-9-5-6-10-4-2-8-14-12(10)11(9)13-7-1;;;2*1-5(2,3)4/h4*1-8H;;;2*(H2,1,2,3,4)/q;;;;2*+2;;/p-4. The molecule has 12 rings (SSSR count). The predicted molar refractivity (Wildman–Crippen MR) is 249 cm³/mol. The fraction of sp³-hybridized carbons (Fsp3) is 0. The van der Waals surface area contributed by atoms with Gasteiger partial charge < -0.3 is 18.2 Å². The average Bonchev–Trinajstić information content (AvgIpc) is 3.33. The maximum atomic E-state index is 8.52. The Morgan fingerprint density at radius 2 is 0.338 bits per heavy atom. The van der Waals surface area contributed by atoms with E-state index in [0.717, 1.165) is 87.2 Å². The Bertz CT molecular complexity index is 3160. The van der Waals surface area contributed by atoms with Crippen molar-refractivity contribution >= 4 is 108 Å². The monoisotopic (exact) mass is 1020 g/mol. The van der Waals surface area contributed by atoms with E-state index in [2.05, 4.69) is 137 Å². The first-order valence-electron chi connectivity index (χ1n) is 19.5. The Morgan fingerprint density at radius 3 is 0.441 bits per heavy atom. The summed E-state index contributed by atoms with van der Waals surface area (Å²) < 4.78 is 68.2. The van der Waals surface area contributed by atoms with Gasteiger partial charge in [-0.25, -0.2) is 0 Å². The molecule has 2 radical (unpaired) electrons. The molecule has 0 aliphatic heterocycles. The van der Waals surface area contributed by atoms with Crippen LogP contribution >= 0.6 is 0 Å². The van der Waals surface area contributed by atoms with Gasteiger partial charge in [0, 0.05) is 113 Å². The van der Waals surface area contributed by atoms with E-state index in [9.17, 15) is 0 Å². The molecule has 0 unspecified atom stereocenters. The first-order valence-corrected chi connectivity index (χ1v) is 22.1. The summed E-state index contributed by atoms with van der Waals surface area (Å²) >= 11 is 0. The molecule has 0 bridgehead atoms. The van der Waals surface area contributed by atoms with Gasteiger partial charge in [0.1, 0.15) is 0 Å². The van der Waals surface area contributed by atoms with Gasteiger partial charge in [-0.15, -0.1) is 0 Å². The summed E-state index contributed by atoms with van der Waals surface area (Å²) in [5, 5.41) is 9.10. The summed E-state index contributed by atoms with van der Waals surface area (Å²) in [7, 11) is -10.3. The van der Waals surface area contributed by atoms with E-state index in [4.69, 9.17) is 35.0 Å². The van der Waals surface area contributed by atoms with Gasteiger partial charge in [0.25, 0.3) is 0 Å². The van der Waals surface area contributed by atoms with Crippen LogP contribution in [0.25, 0.3) is 87.2 Å². The van der Waals surface area contributed by atoms with Crippen LogP contribution in [0.15, 0.2) is 195 Å². The van der Waals surface area contributed by atoms with Crippen molar-refractivity contribution in [3.05, 3.63) is 195 Å². The molecule has 0 saturated heterocycles. The number of pyridine rings is 8. The molecule has 8 heterocycles. The van der Waals surface area contributed by atoms with Crippen LogP contribution in [0.1, 0.15) is 0 Å². The quantitative estimate of drug-likeness (QED) is 0.0597. The number of aromatic nitrogens is 8. The molecule has 0 N–H and O–H groups in total. The first kappa shape index (κ1) is 51.9. The summed E-state index contributed by atoms with van der Waals surface area (Å²) in [6.45, 7) is 0. The Morgan fingerprint density at radius 1 is 0.235 bits per heavy atom. The molecule has 0 saturated carbocycles. The number of nitrogens with zero attached hydrogens (tertiary/aromatic N) is 8. The molecular weight excluding hydrogens is 991 g/mol. The Labute approximate surface area is 409 Å². The van der Waals surface area contributed by atoms with Crippen LogP contribution in [-0.2, 0) is 54.9 Å². The Hall–Kier alpha value is -7.06. The fourth-order valence-electron chi connectivity index (χ4n) is 6.72. The smallest absolute Gasteiger partial charge is 0.759 e. The molecule has 0 spiro atoms. The van der Waals surface area contributed by atoms with E-state index in [1.54, 1.807) is 49.6 Å². The summed E-state index contributed by atoms with van der Waals surface area (Å²) in [5.41, 5.74) is 7.82. The van der Waals surface area contributed by atoms with Crippen LogP contribution in [0.5, 0.6) is 0 Å². The molecule has 0 aliphatic rings. The molecule has 338 valence electrons. The van der Waals surface area contributed by atoms with Gasteiger partial charge in [0.15, 0.2) is 0 Å². The average molecular weight is 1020 g/mol. The number of hydrogen-bond donors (Lipinski definition) is 0. The summed E-state index contributed by atoms with van der Waals surface area (Å²) in [4.78, 5) is 34.8. The molecule has 0 fully saturated rings. The van der Waals surface area contributed by atoms with Crippen LogP contribution in [0.4, 0.5) is 0 Å². The van der Waals surface area contributed by atoms with Crippen molar-refractivity contribution in [2.24, 2.45) is 0 Å². The van der Waals surface area contributed by atoms with Gasteiger partial charge in [-0.1, -0.05) is 97.1 Å². The van der Waals surface area contributed by atoms with Crippen molar-refractivity contribution in [2.45, 2.75) is 0 Å². The molecule has 0 aliphatic carbocycles. The summed E-state index contributed by atoms with van der Waals surface area (Å²) in [6.07, 6.45) is 14.4. The molecule has 16 nitrogen and oxygen atoms in total. The van der Waals surface area contributed by atoms with Gasteiger partial charge >= 0.3 is 34.1 Å². The van der Waals surface area contributed by atoms with Crippen molar-refractivity contribution < 1.29 is 69.2 Å². The zero-order valence-corrected chi connectivity index (χ0v) is 38.9. The second-order valence-electron chi connectivity index (χ2n) is 13.7. The van der Waals surface area contributed by atoms with Crippen LogP contribution in [0.3, 0.4) is 0 Å². The van der Waals surface area contributed by atoms with Gasteiger partial charge in [0.05, 0.1) is 44.1 Å². The molecule has 0 atom stereocenters. The maximum Gasteiger partial charge on any atom is 2.00 e. The third kappa shape index (κ3) is 14.5. The maximum absolute atomic E-state index is 8.52. The normalized spacial score (nSPS) is 10.6. The number of hydrogen-bond acceptors (Lipinski definition) is 16. The van der Waals surface area contributed by atoms with Crippen molar-refractivity contribution in [1.29, 1.82) is 0 Å². The largest absolute Gasteiger partial charge is 2.00 e. The Balaban J connectivity index is 0.000000157. The van der Waals surface area contributed by atoms with E-state index in [0.29, 0.717) is 0 Å². The van der Waals surface area contributed by atoms with Crippen molar-refractivity contribution in [1.82, 2.24) is 39.9 Å². The predicted octanol–water partition coefficient (Wildman–Crippen LogP) is 8.45. The fourth-order valence-corrected chi connectivity index (χ4v) is 6.72. The minimum Gasteiger partial charge on any atom is -0.759 e. The van der Waals surface area contributed by atoms with Gasteiger partial charge in [-0.3, -0.25) is 56.7 Å². The second kappa shape index (κ2) is 24.1. The summed E-state index contributed by atoms with van der Waals surface area (Å²) in [6, 6.07) is 48.6. The zero-order chi connectivity index (χ0) is 46.5. The SMILES string of the molecule is O=S(=O)([O-])[O-].O=S(=O)([O-])[O-].[Mn+2].[Mn+2].c1cnc2c(c1)ccc1cccnc12.c1cnc2c(c1)ccc1cccnc12.c1cnc2c(c1)ccc1cccnc12.c1cnc2c(c1)ccc1cccnc12. The van der Waals surface area contributed by atoms with E-state index in [1.807, 2.05) is 48.5 Å². The third-order valence-corrected chi connectivity index (χ3v) is 9.38. The number of fused-ring (bicyclic) bond motifs is 12. The molecular formula is C48H32Mn2N8O8S2. The van der Waals surface area contributed by atoms with E-state index in [-0.39, 0.29) is 34.1 Å². The van der Waals surface area contributed by atoms with Crippen molar-refractivity contribution in [3.8, 4) is 0 Å². The minimum absolute atomic E-state index is 0. The van der Waals surface area contributed by atoms with Crippen molar-refractivity contribution in [3.63, 3.8) is 0 Å². The van der Waals surface area contributed by atoms with Gasteiger partial charge in [-0.05, 0) is 48.5 Å². The molecule has 12 aromatic rings. The van der Waals surface area contributed by atoms with Gasteiger partial charge in [-0.2, -0.15) is 0 Å². The molecule has 0 amide bonds. The Kier molecular flexibility index (Phi) is 18.4. The number of rotatable bonds is 0. The topological polar surface area (TPSA) is 264 Å². The van der Waals surface area contributed by atoms with Crippen LogP contribution in [-0.4, -0.2) is 74.9 Å². The second-order valence-corrected chi connectivity index (χ2v) is 15.3. The first-order chi connectivity index (χ1) is 31.8. The number of benzene rings is 4. The molecule has 8 aromatic heterocycles. The van der Waals surface area contributed by atoms with E-state index < -0.39 is 20.8 Å². The molecule has 68 heavy (non-hydrogen) atoms. The summed E-state index contributed by atoms with van der Waals surface area (Å²) in [5.74, 6) is 0. The molecule has 4 aromatic carbocycles. The van der Waals surface area contributed by atoms with Crippen molar-refractivity contribution in [2.75, 3.05) is 0 Å².